The van der Waals surface area contributed by atoms with Gasteiger partial charge in [-0.3, -0.25) is 9.59 Å². The number of hydrogen-bond donors (Lipinski definition) is 0. The van der Waals surface area contributed by atoms with Crippen molar-refractivity contribution in [3.8, 4) is 0 Å². The molecule has 2 fully saturated rings. The molecule has 0 aliphatic carbocycles. The summed E-state index contributed by atoms with van der Waals surface area (Å²) in [7, 11) is 1.51. The molecule has 212 valence electrons. The quantitative estimate of drug-likeness (QED) is 0.319. The van der Waals surface area contributed by atoms with Gasteiger partial charge < -0.3 is 19.3 Å². The normalized spacial score (nSPS) is 18.4. The highest BCUT2D eigenvalue weighted by Gasteiger charge is 2.38. The molecule has 0 radical (unpaired) electrons. The minimum Gasteiger partial charge on any atom is -0.467 e. The zero-order valence-electron chi connectivity index (χ0n) is 23.2. The molecule has 8 nitrogen and oxygen atoms in total. The van der Waals surface area contributed by atoms with E-state index in [2.05, 4.69) is 24.3 Å². The molecule has 2 heterocycles. The number of carbonyl (C=O) groups excluding carboxylic acids is 4. The van der Waals surface area contributed by atoms with Crippen molar-refractivity contribution in [1.82, 2.24) is 9.80 Å². The third kappa shape index (κ3) is 5.89. The summed E-state index contributed by atoms with van der Waals surface area (Å²) in [6, 6.07) is 24.0. The van der Waals surface area contributed by atoms with E-state index in [0.29, 0.717) is 49.9 Å². The van der Waals surface area contributed by atoms with Crippen molar-refractivity contribution in [2.75, 3.05) is 27.3 Å². The molecule has 2 aliphatic rings. The Hall–Kier alpha value is -4.03. The number of methoxy groups -OCH3 is 2. The molecule has 0 bridgehead atoms. The van der Waals surface area contributed by atoms with Gasteiger partial charge in [-0.1, -0.05) is 60.7 Å². The summed E-state index contributed by atoms with van der Waals surface area (Å²) in [5.74, 6) is -1.54. The zero-order chi connectivity index (χ0) is 28.9. The highest BCUT2D eigenvalue weighted by atomic mass is 31.1. The number of ether oxygens (including phenoxy) is 2. The van der Waals surface area contributed by atoms with E-state index in [4.69, 9.17) is 9.47 Å². The lowest BCUT2D eigenvalue weighted by Crippen LogP contribution is -2.42. The fourth-order valence-corrected chi connectivity index (χ4v) is 8.07. The second-order valence-electron chi connectivity index (χ2n) is 10.1. The average molecular weight is 573 g/mol. The monoisotopic (exact) mass is 572 g/mol. The third-order valence-electron chi connectivity index (χ3n) is 7.67. The number of benzene rings is 3. The van der Waals surface area contributed by atoms with E-state index in [1.165, 1.54) is 14.2 Å². The second-order valence-corrected chi connectivity index (χ2v) is 12.4. The molecule has 0 unspecified atom stereocenters. The first-order valence-corrected chi connectivity index (χ1v) is 15.1. The molecule has 2 saturated heterocycles. The lowest BCUT2D eigenvalue weighted by atomic mass is 10.1. The first kappa shape index (κ1) is 28.5. The Balaban J connectivity index is 1.63. The molecule has 2 aliphatic heterocycles. The van der Waals surface area contributed by atoms with E-state index in [1.807, 2.05) is 48.5 Å². The maximum Gasteiger partial charge on any atom is 0.328 e. The highest BCUT2D eigenvalue weighted by Crippen LogP contribution is 2.34. The minimum absolute atomic E-state index is 0.323. The van der Waals surface area contributed by atoms with Crippen LogP contribution in [0.25, 0.3) is 0 Å². The summed E-state index contributed by atoms with van der Waals surface area (Å²) in [6.07, 6.45) is 2.43. The van der Waals surface area contributed by atoms with Gasteiger partial charge in [0, 0.05) is 24.2 Å². The average Bonchev–Trinajstić information content (AvgIpc) is 3.71. The Morgan fingerprint density at radius 1 is 0.634 bits per heavy atom. The lowest BCUT2D eigenvalue weighted by molar-refractivity contribution is -0.145. The number of likely N-dealkylation sites (tertiary alicyclic amines) is 2. The van der Waals surface area contributed by atoms with Crippen LogP contribution in [0, 0.1) is 0 Å². The number of nitrogens with zero attached hydrogens (tertiary/aromatic N) is 2. The summed E-state index contributed by atoms with van der Waals surface area (Å²) in [5, 5.41) is 2.96. The number of amides is 2. The van der Waals surface area contributed by atoms with Gasteiger partial charge in [0.05, 0.1) is 14.2 Å². The highest BCUT2D eigenvalue weighted by molar-refractivity contribution is 7.79. The largest absolute Gasteiger partial charge is 0.467 e. The van der Waals surface area contributed by atoms with Gasteiger partial charge in [0.15, 0.2) is 0 Å². The SMILES string of the molecule is COC(=O)[C@@H]1CCCN1C(=O)c1cc(C(=O)N2CCC[C@H]2C(=O)OC)cc(P(c2ccccc2)c2ccccc2)c1. The molecule has 0 spiro atoms. The zero-order valence-corrected chi connectivity index (χ0v) is 24.1. The fraction of sp³-hybridized carbons (Fsp3) is 0.312. The Bertz CT molecular complexity index is 1330. The molecule has 5 rings (SSSR count). The van der Waals surface area contributed by atoms with Crippen molar-refractivity contribution in [2.45, 2.75) is 37.8 Å². The number of hydrogen-bond acceptors (Lipinski definition) is 6. The first-order chi connectivity index (χ1) is 19.9. The summed E-state index contributed by atoms with van der Waals surface area (Å²) in [4.78, 5) is 55.9. The van der Waals surface area contributed by atoms with Crippen LogP contribution in [0.5, 0.6) is 0 Å². The second kappa shape index (κ2) is 12.6. The fourth-order valence-electron chi connectivity index (χ4n) is 5.70. The maximum absolute atomic E-state index is 14.0. The van der Waals surface area contributed by atoms with Crippen LogP contribution in [-0.4, -0.2) is 72.9 Å². The minimum atomic E-state index is -1.13. The van der Waals surface area contributed by atoms with Crippen LogP contribution < -0.4 is 15.9 Å². The van der Waals surface area contributed by atoms with E-state index < -0.39 is 31.9 Å². The molecular formula is C32H33N2O6P. The van der Waals surface area contributed by atoms with Crippen molar-refractivity contribution in [1.29, 1.82) is 0 Å². The predicted molar refractivity (Wildman–Crippen MR) is 157 cm³/mol. The summed E-state index contributed by atoms with van der Waals surface area (Å²) in [6.45, 7) is 0.851. The van der Waals surface area contributed by atoms with Crippen LogP contribution in [0.1, 0.15) is 46.4 Å². The van der Waals surface area contributed by atoms with E-state index in [9.17, 15) is 19.2 Å². The number of esters is 2. The molecule has 0 N–H and O–H groups in total. The van der Waals surface area contributed by atoms with Gasteiger partial charge in [-0.2, -0.15) is 0 Å². The van der Waals surface area contributed by atoms with Gasteiger partial charge in [-0.05, 0) is 67.7 Å². The van der Waals surface area contributed by atoms with Gasteiger partial charge in [0.25, 0.3) is 11.8 Å². The standard InChI is InChI=1S/C32H33N2O6P/c1-39-31(37)27-15-9-17-33(27)29(35)22-19-23(30(36)34-18-10-16-28(34)32(38)40-2)21-26(20-22)41(24-11-5-3-6-12-24)25-13-7-4-8-14-25/h3-8,11-14,19-21,27-28H,9-10,15-18H2,1-2H3/t27-,28-/m0/s1. The molecule has 0 saturated carbocycles. The predicted octanol–water partition coefficient (Wildman–Crippen LogP) is 3.00. The molecule has 9 heteroatoms. The van der Waals surface area contributed by atoms with Crippen molar-refractivity contribution in [3.63, 3.8) is 0 Å². The Kier molecular flexibility index (Phi) is 8.79. The van der Waals surface area contributed by atoms with Crippen LogP contribution >= 0.6 is 7.92 Å². The lowest BCUT2D eigenvalue weighted by Gasteiger charge is -2.26. The van der Waals surface area contributed by atoms with Gasteiger partial charge in [-0.25, -0.2) is 9.59 Å². The molecule has 2 atom stereocenters. The smallest absolute Gasteiger partial charge is 0.328 e. The van der Waals surface area contributed by atoms with E-state index in [0.717, 1.165) is 15.9 Å². The first-order valence-electron chi connectivity index (χ1n) is 13.8. The van der Waals surface area contributed by atoms with E-state index in [-0.39, 0.29) is 11.8 Å². The molecule has 3 aromatic carbocycles. The Morgan fingerprint density at radius 3 is 1.44 bits per heavy atom. The van der Waals surface area contributed by atoms with Crippen molar-refractivity contribution in [2.24, 2.45) is 0 Å². The van der Waals surface area contributed by atoms with Crippen LogP contribution in [0.4, 0.5) is 0 Å². The van der Waals surface area contributed by atoms with E-state index >= 15 is 0 Å². The molecule has 3 aromatic rings. The Labute approximate surface area is 241 Å². The van der Waals surface area contributed by atoms with Crippen LogP contribution in [0.15, 0.2) is 78.9 Å². The van der Waals surface area contributed by atoms with Crippen LogP contribution in [-0.2, 0) is 19.1 Å². The van der Waals surface area contributed by atoms with Gasteiger partial charge in [0.2, 0.25) is 0 Å². The molecular weight excluding hydrogens is 539 g/mol. The number of carbonyl (C=O) groups is 4. The summed E-state index contributed by atoms with van der Waals surface area (Å²) in [5.41, 5.74) is 0.657. The van der Waals surface area contributed by atoms with Crippen molar-refractivity contribution in [3.05, 3.63) is 90.0 Å². The number of rotatable bonds is 7. The van der Waals surface area contributed by atoms with Crippen LogP contribution in [0.2, 0.25) is 0 Å². The van der Waals surface area contributed by atoms with Gasteiger partial charge in [-0.15, -0.1) is 0 Å². The maximum atomic E-state index is 14.0. The van der Waals surface area contributed by atoms with Crippen molar-refractivity contribution >= 4 is 47.6 Å². The van der Waals surface area contributed by atoms with Gasteiger partial charge >= 0.3 is 11.9 Å². The van der Waals surface area contributed by atoms with Crippen molar-refractivity contribution < 1.29 is 28.7 Å². The summed E-state index contributed by atoms with van der Waals surface area (Å²) < 4.78 is 9.94. The Morgan fingerprint density at radius 2 is 1.05 bits per heavy atom. The van der Waals surface area contributed by atoms with Gasteiger partial charge in [0.1, 0.15) is 12.1 Å². The van der Waals surface area contributed by atoms with Crippen LogP contribution in [0.3, 0.4) is 0 Å². The molecule has 0 aromatic heterocycles. The van der Waals surface area contributed by atoms with E-state index in [1.54, 1.807) is 15.9 Å². The third-order valence-corrected chi connectivity index (χ3v) is 10.1. The topological polar surface area (TPSA) is 93.2 Å². The molecule has 2 amide bonds. The molecule has 41 heavy (non-hydrogen) atoms. The summed E-state index contributed by atoms with van der Waals surface area (Å²) >= 11 is 0.